The van der Waals surface area contributed by atoms with Gasteiger partial charge in [0, 0.05) is 30.4 Å². The number of halogens is 2. The van der Waals surface area contributed by atoms with Gasteiger partial charge in [-0.15, -0.1) is 0 Å². The number of nitro benzene ring substituents is 1. The molecular weight excluding hydrogens is 405 g/mol. The lowest BCUT2D eigenvalue weighted by Gasteiger charge is -2.14. The third-order valence-corrected chi connectivity index (χ3v) is 4.29. The second-order valence-electron chi connectivity index (χ2n) is 5.65. The minimum Gasteiger partial charge on any atom is -0.496 e. The van der Waals surface area contributed by atoms with Gasteiger partial charge in [-0.2, -0.15) is 0 Å². The van der Waals surface area contributed by atoms with Crippen LogP contribution in [0.2, 0.25) is 10.0 Å². The van der Waals surface area contributed by atoms with Crippen LogP contribution in [-0.2, 0) is 6.54 Å². The molecule has 0 amide bonds. The number of hydrogen-bond acceptors (Lipinski definition) is 6. The summed E-state index contributed by atoms with van der Waals surface area (Å²) in [5, 5.41) is 14.9. The van der Waals surface area contributed by atoms with Crippen LogP contribution in [0.15, 0.2) is 54.7 Å². The Kier molecular flexibility index (Phi) is 6.18. The molecule has 0 saturated heterocycles. The summed E-state index contributed by atoms with van der Waals surface area (Å²) in [6, 6.07) is 13.2. The van der Waals surface area contributed by atoms with Crippen LogP contribution in [-0.4, -0.2) is 17.0 Å². The highest BCUT2D eigenvalue weighted by Gasteiger charge is 2.13. The minimum absolute atomic E-state index is 0.0146. The fourth-order valence-corrected chi connectivity index (χ4v) is 2.91. The SMILES string of the molecule is COc1ccc([N+](=O)[O-])cc1CNc1ccccc1Oc1ncc(Cl)cc1Cl. The predicted octanol–water partition coefficient (Wildman–Crippen LogP) is 5.71. The Hall–Kier alpha value is -3.03. The normalized spacial score (nSPS) is 10.4. The molecule has 0 bridgehead atoms. The first-order valence-electron chi connectivity index (χ1n) is 8.11. The van der Waals surface area contributed by atoms with Crippen LogP contribution in [0.4, 0.5) is 11.4 Å². The van der Waals surface area contributed by atoms with Gasteiger partial charge in [0.2, 0.25) is 5.88 Å². The molecule has 0 unspecified atom stereocenters. The van der Waals surface area contributed by atoms with E-state index in [2.05, 4.69) is 10.3 Å². The van der Waals surface area contributed by atoms with Crippen molar-refractivity contribution in [2.45, 2.75) is 6.54 Å². The second kappa shape index (κ2) is 8.77. The third-order valence-electron chi connectivity index (χ3n) is 3.81. The van der Waals surface area contributed by atoms with Gasteiger partial charge in [0.25, 0.3) is 5.69 Å². The summed E-state index contributed by atoms with van der Waals surface area (Å²) < 4.78 is 11.1. The molecule has 3 rings (SSSR count). The van der Waals surface area contributed by atoms with Crippen molar-refractivity contribution in [3.8, 4) is 17.4 Å². The van der Waals surface area contributed by atoms with Crippen molar-refractivity contribution in [1.82, 2.24) is 4.98 Å². The second-order valence-corrected chi connectivity index (χ2v) is 6.49. The number of nitrogens with zero attached hydrogens (tertiary/aromatic N) is 2. The molecule has 3 aromatic rings. The molecule has 0 aliphatic rings. The van der Waals surface area contributed by atoms with E-state index >= 15 is 0 Å². The van der Waals surface area contributed by atoms with Crippen molar-refractivity contribution >= 4 is 34.6 Å². The molecule has 0 atom stereocenters. The van der Waals surface area contributed by atoms with Gasteiger partial charge in [-0.3, -0.25) is 10.1 Å². The molecule has 0 aliphatic carbocycles. The number of nitro groups is 1. The number of rotatable bonds is 7. The van der Waals surface area contributed by atoms with E-state index in [4.69, 9.17) is 32.7 Å². The first-order valence-corrected chi connectivity index (χ1v) is 8.86. The van der Waals surface area contributed by atoms with E-state index in [1.54, 1.807) is 18.2 Å². The molecule has 1 heterocycles. The van der Waals surface area contributed by atoms with Crippen LogP contribution in [0.25, 0.3) is 0 Å². The Morgan fingerprint density at radius 3 is 2.64 bits per heavy atom. The average molecular weight is 420 g/mol. The molecule has 0 fully saturated rings. The Balaban J connectivity index is 1.82. The van der Waals surface area contributed by atoms with E-state index < -0.39 is 4.92 Å². The number of benzene rings is 2. The Labute approximate surface area is 171 Å². The molecule has 0 aliphatic heterocycles. The van der Waals surface area contributed by atoms with Crippen LogP contribution in [0.3, 0.4) is 0 Å². The highest BCUT2D eigenvalue weighted by Crippen LogP contribution is 2.34. The van der Waals surface area contributed by atoms with Gasteiger partial charge in [0.1, 0.15) is 10.8 Å². The van der Waals surface area contributed by atoms with E-state index in [1.165, 1.54) is 31.5 Å². The molecule has 0 spiro atoms. The standard InChI is InChI=1S/C19H15Cl2N3O4/c1-27-17-7-6-14(24(25)26)8-12(17)10-22-16-4-2-3-5-18(16)28-19-15(21)9-13(20)11-23-19/h2-9,11,22H,10H2,1H3. The van der Waals surface area contributed by atoms with E-state index in [-0.39, 0.29) is 23.1 Å². The number of non-ortho nitro benzene ring substituents is 1. The first kappa shape index (κ1) is 19.7. The van der Waals surface area contributed by atoms with Gasteiger partial charge in [-0.1, -0.05) is 35.3 Å². The van der Waals surface area contributed by atoms with Crippen molar-refractivity contribution in [3.05, 3.63) is 80.5 Å². The van der Waals surface area contributed by atoms with Crippen LogP contribution in [0.5, 0.6) is 17.4 Å². The molecule has 9 heteroatoms. The maximum absolute atomic E-state index is 11.0. The molecule has 2 aromatic carbocycles. The molecule has 1 aromatic heterocycles. The first-order chi connectivity index (χ1) is 13.5. The summed E-state index contributed by atoms with van der Waals surface area (Å²) in [5.41, 5.74) is 1.28. The average Bonchev–Trinajstić information content (AvgIpc) is 2.69. The van der Waals surface area contributed by atoms with Gasteiger partial charge in [-0.25, -0.2) is 4.98 Å². The summed E-state index contributed by atoms with van der Waals surface area (Å²) >= 11 is 12.0. The van der Waals surface area contributed by atoms with Gasteiger partial charge >= 0.3 is 0 Å². The van der Waals surface area contributed by atoms with Crippen molar-refractivity contribution in [2.24, 2.45) is 0 Å². The van der Waals surface area contributed by atoms with Crippen molar-refractivity contribution in [3.63, 3.8) is 0 Å². The van der Waals surface area contributed by atoms with Gasteiger partial charge in [-0.05, 0) is 24.3 Å². The Morgan fingerprint density at radius 2 is 1.93 bits per heavy atom. The lowest BCUT2D eigenvalue weighted by atomic mass is 10.1. The molecule has 0 radical (unpaired) electrons. The number of pyridine rings is 1. The summed E-state index contributed by atoms with van der Waals surface area (Å²) in [7, 11) is 1.51. The number of nitrogens with one attached hydrogen (secondary N) is 1. The largest absolute Gasteiger partial charge is 0.496 e. The topological polar surface area (TPSA) is 86.5 Å². The van der Waals surface area contributed by atoms with E-state index in [9.17, 15) is 10.1 Å². The van der Waals surface area contributed by atoms with Crippen molar-refractivity contribution < 1.29 is 14.4 Å². The number of anilines is 1. The third kappa shape index (κ3) is 4.62. The molecule has 144 valence electrons. The lowest BCUT2D eigenvalue weighted by Crippen LogP contribution is -2.04. The zero-order valence-electron chi connectivity index (χ0n) is 14.7. The van der Waals surface area contributed by atoms with E-state index in [0.29, 0.717) is 27.8 Å². The van der Waals surface area contributed by atoms with E-state index in [0.717, 1.165) is 0 Å². The van der Waals surface area contributed by atoms with Crippen LogP contribution in [0.1, 0.15) is 5.56 Å². The molecular formula is C19H15Cl2N3O4. The fraction of sp³-hybridized carbons (Fsp3) is 0.105. The number of ether oxygens (including phenoxy) is 2. The highest BCUT2D eigenvalue weighted by atomic mass is 35.5. The lowest BCUT2D eigenvalue weighted by molar-refractivity contribution is -0.384. The Bertz CT molecular complexity index is 1010. The molecule has 0 saturated carbocycles. The van der Waals surface area contributed by atoms with Crippen molar-refractivity contribution in [1.29, 1.82) is 0 Å². The summed E-state index contributed by atoms with van der Waals surface area (Å²) in [6.07, 6.45) is 1.44. The zero-order chi connectivity index (χ0) is 20.1. The van der Waals surface area contributed by atoms with Crippen LogP contribution >= 0.6 is 23.2 Å². The summed E-state index contributed by atoms with van der Waals surface area (Å²) in [4.78, 5) is 14.7. The number of hydrogen-bond donors (Lipinski definition) is 1. The molecule has 1 N–H and O–H groups in total. The maximum atomic E-state index is 11.0. The minimum atomic E-state index is -0.450. The van der Waals surface area contributed by atoms with Gasteiger partial charge in [0.15, 0.2) is 5.75 Å². The quantitative estimate of drug-likeness (QED) is 0.389. The monoisotopic (exact) mass is 419 g/mol. The Morgan fingerprint density at radius 1 is 1.14 bits per heavy atom. The smallest absolute Gasteiger partial charge is 0.270 e. The fourth-order valence-electron chi connectivity index (χ4n) is 2.49. The maximum Gasteiger partial charge on any atom is 0.270 e. The van der Waals surface area contributed by atoms with Crippen LogP contribution < -0.4 is 14.8 Å². The van der Waals surface area contributed by atoms with Gasteiger partial charge < -0.3 is 14.8 Å². The molecule has 28 heavy (non-hydrogen) atoms. The number of aromatic nitrogens is 1. The summed E-state index contributed by atoms with van der Waals surface area (Å²) in [6.45, 7) is 0.285. The number of methoxy groups -OCH3 is 1. The van der Waals surface area contributed by atoms with E-state index in [1.807, 2.05) is 12.1 Å². The zero-order valence-corrected chi connectivity index (χ0v) is 16.2. The van der Waals surface area contributed by atoms with Gasteiger partial charge in [0.05, 0.1) is 22.7 Å². The van der Waals surface area contributed by atoms with Crippen molar-refractivity contribution in [2.75, 3.05) is 12.4 Å². The highest BCUT2D eigenvalue weighted by molar-refractivity contribution is 6.35. The van der Waals surface area contributed by atoms with Crippen LogP contribution in [0, 0.1) is 10.1 Å². The molecule has 7 nitrogen and oxygen atoms in total. The summed E-state index contributed by atoms with van der Waals surface area (Å²) in [5.74, 6) is 1.25. The predicted molar refractivity (Wildman–Crippen MR) is 108 cm³/mol. The number of para-hydroxylation sites is 2.